The van der Waals surface area contributed by atoms with Crippen LogP contribution in [0.1, 0.15) is 11.3 Å². The van der Waals surface area contributed by atoms with Gasteiger partial charge < -0.3 is 14.2 Å². The summed E-state index contributed by atoms with van der Waals surface area (Å²) in [5, 5.41) is 13.5. The minimum absolute atomic E-state index is 0.0496. The zero-order valence-electron chi connectivity index (χ0n) is 16.8. The summed E-state index contributed by atoms with van der Waals surface area (Å²) in [6.45, 7) is -0.208. The second-order valence-electron chi connectivity index (χ2n) is 7.11. The fourth-order valence-corrected chi connectivity index (χ4v) is 3.35. The number of hydrogen-bond donors (Lipinski definition) is 0. The van der Waals surface area contributed by atoms with Crippen LogP contribution in [0.15, 0.2) is 42.7 Å². The lowest BCUT2D eigenvalue weighted by Crippen LogP contribution is -2.38. The molecular weight excluding hydrogens is 422 g/mol. The van der Waals surface area contributed by atoms with Crippen molar-refractivity contribution in [1.82, 2.24) is 24.3 Å². The van der Waals surface area contributed by atoms with Gasteiger partial charge in [0.1, 0.15) is 30.1 Å². The highest BCUT2D eigenvalue weighted by Gasteiger charge is 2.21. The minimum Gasteiger partial charge on any atom is -0.486 e. The van der Waals surface area contributed by atoms with Crippen LogP contribution in [-0.4, -0.2) is 50.2 Å². The van der Waals surface area contributed by atoms with Crippen LogP contribution in [0.25, 0.3) is 22.7 Å². The summed E-state index contributed by atoms with van der Waals surface area (Å²) < 4.78 is 43.5. The Morgan fingerprint density at radius 3 is 2.78 bits per heavy atom. The average Bonchev–Trinajstić information content (AvgIpc) is 3.32. The quantitative estimate of drug-likeness (QED) is 0.456. The molecule has 0 amide bonds. The van der Waals surface area contributed by atoms with Crippen molar-refractivity contribution in [2.45, 2.75) is 19.6 Å². The predicted molar refractivity (Wildman–Crippen MR) is 107 cm³/mol. The van der Waals surface area contributed by atoms with Crippen molar-refractivity contribution in [3.63, 3.8) is 0 Å². The van der Waals surface area contributed by atoms with Crippen LogP contribution in [-0.2, 0) is 4.74 Å². The number of rotatable bonds is 6. The molecule has 1 aliphatic rings. The summed E-state index contributed by atoms with van der Waals surface area (Å²) >= 11 is 0. The van der Waals surface area contributed by atoms with Crippen LogP contribution < -0.4 is 9.47 Å². The van der Waals surface area contributed by atoms with E-state index >= 15 is 0 Å². The fourth-order valence-electron chi connectivity index (χ4n) is 3.35. The normalized spacial score (nSPS) is 13.8. The van der Waals surface area contributed by atoms with Gasteiger partial charge in [-0.1, -0.05) is 0 Å². The number of halogens is 2. The first-order chi connectivity index (χ1) is 15.5. The largest absolute Gasteiger partial charge is 0.486 e. The number of aromatic nitrogens is 5. The molecule has 0 aliphatic carbocycles. The molecule has 0 unspecified atom stereocenters. The topological polar surface area (TPSA) is 100 Å². The highest BCUT2D eigenvalue weighted by Crippen LogP contribution is 2.26. The molecule has 1 fully saturated rings. The van der Waals surface area contributed by atoms with Crippen LogP contribution in [0.4, 0.5) is 8.78 Å². The van der Waals surface area contributed by atoms with Crippen molar-refractivity contribution in [1.29, 1.82) is 5.26 Å². The minimum atomic E-state index is -3.00. The molecule has 5 rings (SSSR count). The first kappa shape index (κ1) is 19.9. The van der Waals surface area contributed by atoms with E-state index in [2.05, 4.69) is 25.9 Å². The van der Waals surface area contributed by atoms with Gasteiger partial charge in [-0.3, -0.25) is 4.57 Å². The highest BCUT2D eigenvalue weighted by atomic mass is 19.3. The number of imidazole rings is 1. The standard InChI is InChI=1S/C21H16F2N6O3/c1-12-6-19(32-21(22)23)27-29(12)20-13(8-24)2-5-18(26-20)28-11-25-16-7-14(3-4-17(16)28)31-15-9-30-10-15/h2-7,11,15,21H,9-10H2,1H3. The Balaban J connectivity index is 1.53. The van der Waals surface area contributed by atoms with Crippen LogP contribution >= 0.6 is 0 Å². The van der Waals surface area contributed by atoms with E-state index in [4.69, 9.17) is 9.47 Å². The smallest absolute Gasteiger partial charge is 0.388 e. The summed E-state index contributed by atoms with van der Waals surface area (Å²) in [7, 11) is 0. The Hall–Kier alpha value is -4.04. The number of pyridine rings is 1. The van der Waals surface area contributed by atoms with Gasteiger partial charge in [-0.05, 0) is 31.2 Å². The fraction of sp³-hybridized carbons (Fsp3) is 0.238. The van der Waals surface area contributed by atoms with Crippen molar-refractivity contribution in [3.8, 4) is 29.3 Å². The Kier molecular flexibility index (Phi) is 4.91. The van der Waals surface area contributed by atoms with Crippen LogP contribution in [0, 0.1) is 18.3 Å². The van der Waals surface area contributed by atoms with Crippen LogP contribution in [0.2, 0.25) is 0 Å². The molecule has 4 aromatic rings. The summed E-state index contributed by atoms with van der Waals surface area (Å²) in [6, 6.07) is 12.2. The lowest BCUT2D eigenvalue weighted by Gasteiger charge is -2.26. The molecule has 1 aliphatic heterocycles. The molecule has 0 N–H and O–H groups in total. The zero-order valence-corrected chi connectivity index (χ0v) is 16.8. The second kappa shape index (κ2) is 7.90. The number of ether oxygens (including phenoxy) is 3. The van der Waals surface area contributed by atoms with Gasteiger partial charge >= 0.3 is 6.61 Å². The number of aryl methyl sites for hydroxylation is 1. The number of fused-ring (bicyclic) bond motifs is 1. The van der Waals surface area contributed by atoms with E-state index < -0.39 is 6.61 Å². The predicted octanol–water partition coefficient (Wildman–Crippen LogP) is 3.17. The zero-order chi connectivity index (χ0) is 22.2. The number of nitriles is 1. The van der Waals surface area contributed by atoms with E-state index in [1.807, 2.05) is 18.2 Å². The first-order valence-electron chi connectivity index (χ1n) is 9.66. The molecule has 0 saturated carbocycles. The van der Waals surface area contributed by atoms with E-state index in [-0.39, 0.29) is 23.4 Å². The Bertz CT molecular complexity index is 1340. The molecule has 1 saturated heterocycles. The second-order valence-corrected chi connectivity index (χ2v) is 7.11. The van der Waals surface area contributed by atoms with Crippen molar-refractivity contribution >= 4 is 11.0 Å². The van der Waals surface area contributed by atoms with Gasteiger partial charge in [0.2, 0.25) is 5.88 Å². The monoisotopic (exact) mass is 438 g/mol. The van der Waals surface area contributed by atoms with Gasteiger partial charge in [0, 0.05) is 17.8 Å². The molecule has 11 heteroatoms. The van der Waals surface area contributed by atoms with E-state index in [9.17, 15) is 14.0 Å². The molecule has 4 heterocycles. The van der Waals surface area contributed by atoms with Gasteiger partial charge in [-0.2, -0.15) is 14.0 Å². The third kappa shape index (κ3) is 3.61. The van der Waals surface area contributed by atoms with E-state index in [0.717, 1.165) is 5.52 Å². The van der Waals surface area contributed by atoms with Crippen LogP contribution in [0.5, 0.6) is 11.6 Å². The SMILES string of the molecule is Cc1cc(OC(F)F)nn1-c1nc(-n2cnc3cc(OC4COC4)ccc32)ccc1C#N. The Morgan fingerprint density at radius 1 is 1.22 bits per heavy atom. The summed E-state index contributed by atoms with van der Waals surface area (Å²) in [5.41, 5.74) is 2.20. The molecule has 0 radical (unpaired) electrons. The van der Waals surface area contributed by atoms with Gasteiger partial charge in [0.25, 0.3) is 0 Å². The van der Waals surface area contributed by atoms with Crippen molar-refractivity contribution in [2.75, 3.05) is 13.2 Å². The van der Waals surface area contributed by atoms with Crippen LogP contribution in [0.3, 0.4) is 0 Å². The average molecular weight is 438 g/mol. The Labute approximate surface area is 180 Å². The van der Waals surface area contributed by atoms with E-state index in [1.165, 1.54) is 10.7 Å². The Morgan fingerprint density at radius 2 is 2.06 bits per heavy atom. The van der Waals surface area contributed by atoms with E-state index in [0.29, 0.717) is 36.0 Å². The third-order valence-electron chi connectivity index (χ3n) is 4.93. The van der Waals surface area contributed by atoms with Gasteiger partial charge in [-0.15, -0.1) is 5.10 Å². The molecule has 0 bridgehead atoms. The van der Waals surface area contributed by atoms with Gasteiger partial charge in [0.15, 0.2) is 5.82 Å². The maximum atomic E-state index is 12.6. The maximum Gasteiger partial charge on any atom is 0.388 e. The van der Waals surface area contributed by atoms with Crippen molar-refractivity contribution < 1.29 is 23.0 Å². The van der Waals surface area contributed by atoms with Gasteiger partial charge in [0.05, 0.1) is 29.8 Å². The molecule has 32 heavy (non-hydrogen) atoms. The molecule has 0 spiro atoms. The third-order valence-corrected chi connectivity index (χ3v) is 4.93. The maximum absolute atomic E-state index is 12.6. The number of alkyl halides is 2. The highest BCUT2D eigenvalue weighted by molar-refractivity contribution is 5.78. The number of benzene rings is 1. The summed E-state index contributed by atoms with van der Waals surface area (Å²) in [4.78, 5) is 8.99. The summed E-state index contributed by atoms with van der Waals surface area (Å²) in [5.74, 6) is 1.11. The van der Waals surface area contributed by atoms with Crippen molar-refractivity contribution in [3.05, 3.63) is 54.0 Å². The molecule has 1 aromatic carbocycles. The summed E-state index contributed by atoms with van der Waals surface area (Å²) in [6.07, 6.45) is 1.66. The first-order valence-corrected chi connectivity index (χ1v) is 9.66. The molecule has 0 atom stereocenters. The van der Waals surface area contributed by atoms with Crippen molar-refractivity contribution in [2.24, 2.45) is 0 Å². The lowest BCUT2D eigenvalue weighted by atomic mass is 10.2. The molecule has 3 aromatic heterocycles. The van der Waals surface area contributed by atoms with Gasteiger partial charge in [-0.25, -0.2) is 14.6 Å². The molecule has 9 nitrogen and oxygen atoms in total. The van der Waals surface area contributed by atoms with E-state index in [1.54, 1.807) is 30.0 Å². The molecular formula is C21H16F2N6O3. The lowest BCUT2D eigenvalue weighted by molar-refractivity contribution is -0.0796. The molecule has 162 valence electrons. The number of hydrogen-bond acceptors (Lipinski definition) is 7. The number of nitrogens with zero attached hydrogens (tertiary/aromatic N) is 6.